The number of nitrogens with one attached hydrogen (secondary N) is 1. The fourth-order valence-corrected chi connectivity index (χ4v) is 4.83. The van der Waals surface area contributed by atoms with Gasteiger partial charge in [0.25, 0.3) is 0 Å². The summed E-state index contributed by atoms with van der Waals surface area (Å²) in [6, 6.07) is 9.43. The summed E-state index contributed by atoms with van der Waals surface area (Å²) in [6.07, 6.45) is 7.70. The van der Waals surface area contributed by atoms with Gasteiger partial charge in [-0.2, -0.15) is 0 Å². The molecule has 2 unspecified atom stereocenters. The number of carbonyl (C=O) groups is 1. The molecule has 6 nitrogen and oxygen atoms in total. The molecule has 3 aliphatic heterocycles. The minimum atomic E-state index is -0.0211. The second kappa shape index (κ2) is 8.91. The Hall–Kier alpha value is -2.47. The molecule has 2 amide bonds. The highest BCUT2D eigenvalue weighted by Gasteiger charge is 2.33. The monoisotopic (exact) mass is 395 g/mol. The van der Waals surface area contributed by atoms with E-state index >= 15 is 0 Å². The lowest BCUT2D eigenvalue weighted by molar-refractivity contribution is 0.174. The number of nitrogens with zero attached hydrogens (tertiary/aromatic N) is 4. The molecule has 29 heavy (non-hydrogen) atoms. The smallest absolute Gasteiger partial charge is 0.321 e. The summed E-state index contributed by atoms with van der Waals surface area (Å²) in [4.78, 5) is 21.6. The Morgan fingerprint density at radius 2 is 1.76 bits per heavy atom. The number of urea groups is 1. The fourth-order valence-electron chi connectivity index (χ4n) is 4.83. The fraction of sp³-hybridized carbons (Fsp3) is 0.522. The summed E-state index contributed by atoms with van der Waals surface area (Å²) in [7, 11) is 0. The highest BCUT2D eigenvalue weighted by molar-refractivity contribution is 5.89. The number of piperazine rings is 1. The van der Waals surface area contributed by atoms with Crippen LogP contribution in [0.1, 0.15) is 19.3 Å². The number of benzene rings is 1. The minimum absolute atomic E-state index is 0.0211. The highest BCUT2D eigenvalue weighted by Crippen LogP contribution is 2.29. The van der Waals surface area contributed by atoms with Crippen LogP contribution in [0, 0.1) is 0 Å². The maximum Gasteiger partial charge on any atom is 0.321 e. The van der Waals surface area contributed by atoms with Gasteiger partial charge in [-0.3, -0.25) is 4.90 Å². The summed E-state index contributed by atoms with van der Waals surface area (Å²) in [5.41, 5.74) is 2.09. The summed E-state index contributed by atoms with van der Waals surface area (Å²) >= 11 is 0. The van der Waals surface area contributed by atoms with E-state index in [9.17, 15) is 4.79 Å². The van der Waals surface area contributed by atoms with Crippen molar-refractivity contribution < 1.29 is 4.79 Å². The Balaban J connectivity index is 1.30. The summed E-state index contributed by atoms with van der Waals surface area (Å²) < 4.78 is 0. The average Bonchev–Trinajstić information content (AvgIpc) is 3.43. The van der Waals surface area contributed by atoms with Gasteiger partial charge in [0, 0.05) is 62.7 Å². The van der Waals surface area contributed by atoms with Crippen molar-refractivity contribution in [1.82, 2.24) is 14.7 Å². The average molecular weight is 396 g/mol. The van der Waals surface area contributed by atoms with E-state index in [0.29, 0.717) is 12.1 Å². The largest absolute Gasteiger partial charge is 0.374 e. The van der Waals surface area contributed by atoms with Gasteiger partial charge in [-0.25, -0.2) is 4.79 Å². The molecule has 0 saturated carbocycles. The van der Waals surface area contributed by atoms with Crippen LogP contribution >= 0.6 is 0 Å². The van der Waals surface area contributed by atoms with Gasteiger partial charge in [0.05, 0.1) is 0 Å². The van der Waals surface area contributed by atoms with Gasteiger partial charge in [-0.1, -0.05) is 12.7 Å². The highest BCUT2D eigenvalue weighted by atomic mass is 16.2. The molecule has 1 aromatic rings. The van der Waals surface area contributed by atoms with Crippen molar-refractivity contribution in [2.75, 3.05) is 56.0 Å². The minimum Gasteiger partial charge on any atom is -0.374 e. The topological polar surface area (TPSA) is 42.1 Å². The molecule has 1 N–H and O–H groups in total. The molecule has 3 fully saturated rings. The van der Waals surface area contributed by atoms with Gasteiger partial charge in [0.1, 0.15) is 0 Å². The van der Waals surface area contributed by atoms with Crippen LogP contribution in [-0.2, 0) is 0 Å². The van der Waals surface area contributed by atoms with E-state index in [0.717, 1.165) is 45.0 Å². The molecule has 3 saturated heterocycles. The van der Waals surface area contributed by atoms with Crippen LogP contribution in [0.15, 0.2) is 49.7 Å². The number of hydrogen-bond donors (Lipinski definition) is 1. The Labute approximate surface area is 174 Å². The first-order valence-electron chi connectivity index (χ1n) is 10.8. The third-order valence-corrected chi connectivity index (χ3v) is 6.59. The molecule has 0 bridgehead atoms. The molecule has 2 atom stereocenters. The van der Waals surface area contributed by atoms with Gasteiger partial charge in [-0.05, 0) is 56.3 Å². The predicted octanol–water partition coefficient (Wildman–Crippen LogP) is 3.21. The van der Waals surface area contributed by atoms with Crippen LogP contribution in [-0.4, -0.2) is 78.6 Å². The molecule has 4 rings (SSSR count). The Kier molecular flexibility index (Phi) is 6.09. The van der Waals surface area contributed by atoms with Crippen LogP contribution in [0.2, 0.25) is 0 Å². The van der Waals surface area contributed by atoms with Gasteiger partial charge in [-0.15, -0.1) is 6.58 Å². The first-order valence-corrected chi connectivity index (χ1v) is 10.8. The van der Waals surface area contributed by atoms with E-state index in [1.54, 1.807) is 0 Å². The van der Waals surface area contributed by atoms with Gasteiger partial charge in [0.15, 0.2) is 0 Å². The van der Waals surface area contributed by atoms with Crippen LogP contribution in [0.5, 0.6) is 0 Å². The molecule has 3 aliphatic rings. The third kappa shape index (κ3) is 4.42. The quantitative estimate of drug-likeness (QED) is 0.778. The number of amides is 2. The molecule has 3 heterocycles. The number of rotatable bonds is 5. The van der Waals surface area contributed by atoms with E-state index in [1.807, 2.05) is 23.2 Å². The normalized spacial score (nSPS) is 25.3. The first kappa shape index (κ1) is 19.8. The molecule has 156 valence electrons. The van der Waals surface area contributed by atoms with Crippen molar-refractivity contribution in [3.63, 3.8) is 0 Å². The maximum absolute atomic E-state index is 12.5. The Morgan fingerprint density at radius 1 is 1.00 bits per heavy atom. The Bertz CT molecular complexity index is 725. The summed E-state index contributed by atoms with van der Waals surface area (Å²) in [6.45, 7) is 14.3. The van der Waals surface area contributed by atoms with E-state index in [4.69, 9.17) is 0 Å². The number of hydrogen-bond acceptors (Lipinski definition) is 4. The van der Waals surface area contributed by atoms with E-state index in [1.165, 1.54) is 31.5 Å². The molecule has 0 spiro atoms. The second-order valence-corrected chi connectivity index (χ2v) is 8.25. The third-order valence-electron chi connectivity index (χ3n) is 6.59. The molecule has 1 aromatic carbocycles. The lowest BCUT2D eigenvalue weighted by Crippen LogP contribution is -2.48. The van der Waals surface area contributed by atoms with Crippen molar-refractivity contribution in [3.05, 3.63) is 49.7 Å². The SMILES string of the molecule is C=CC1CCCN1C1CCN(c2ccc(NC(=O)N3CCN(C=C)CC3)cc2)C1. The van der Waals surface area contributed by atoms with E-state index < -0.39 is 0 Å². The van der Waals surface area contributed by atoms with Crippen molar-refractivity contribution in [3.8, 4) is 0 Å². The predicted molar refractivity (Wildman–Crippen MR) is 119 cm³/mol. The summed E-state index contributed by atoms with van der Waals surface area (Å²) in [5, 5.41) is 3.03. The zero-order chi connectivity index (χ0) is 20.2. The van der Waals surface area contributed by atoms with Crippen LogP contribution in [0.3, 0.4) is 0 Å². The number of likely N-dealkylation sites (tertiary alicyclic amines) is 1. The molecule has 0 radical (unpaired) electrons. The van der Waals surface area contributed by atoms with Crippen molar-refractivity contribution in [1.29, 1.82) is 0 Å². The molecule has 6 heteroatoms. The standard InChI is InChI=1S/C23H33N5O/c1-3-20-6-5-12-28(20)22-11-13-27(18-22)21-9-7-19(8-10-21)24-23(29)26-16-14-25(4-2)15-17-26/h3-4,7-10,20,22H,1-2,5-6,11-18H2,(H,24,29). The van der Waals surface area contributed by atoms with Crippen LogP contribution in [0.4, 0.5) is 16.2 Å². The first-order chi connectivity index (χ1) is 14.2. The second-order valence-electron chi connectivity index (χ2n) is 8.25. The van der Waals surface area contributed by atoms with Gasteiger partial charge in [0.2, 0.25) is 0 Å². The van der Waals surface area contributed by atoms with Crippen molar-refractivity contribution in [2.24, 2.45) is 0 Å². The lowest BCUT2D eigenvalue weighted by atomic mass is 10.1. The number of carbonyl (C=O) groups excluding carboxylic acids is 1. The zero-order valence-electron chi connectivity index (χ0n) is 17.3. The lowest BCUT2D eigenvalue weighted by Gasteiger charge is -2.33. The van der Waals surface area contributed by atoms with E-state index in [2.05, 4.69) is 51.4 Å². The van der Waals surface area contributed by atoms with Crippen LogP contribution in [0.25, 0.3) is 0 Å². The van der Waals surface area contributed by atoms with Gasteiger partial charge < -0.3 is 20.0 Å². The maximum atomic E-state index is 12.5. The molecule has 0 aliphatic carbocycles. The van der Waals surface area contributed by atoms with Crippen molar-refractivity contribution in [2.45, 2.75) is 31.3 Å². The Morgan fingerprint density at radius 3 is 2.45 bits per heavy atom. The molecular formula is C23H33N5O. The van der Waals surface area contributed by atoms with Gasteiger partial charge >= 0.3 is 6.03 Å². The van der Waals surface area contributed by atoms with Crippen molar-refractivity contribution >= 4 is 17.4 Å². The molecular weight excluding hydrogens is 362 g/mol. The van der Waals surface area contributed by atoms with Crippen LogP contribution < -0.4 is 10.2 Å². The summed E-state index contributed by atoms with van der Waals surface area (Å²) in [5.74, 6) is 0. The zero-order valence-corrected chi connectivity index (χ0v) is 17.3. The molecule has 0 aromatic heterocycles. The number of anilines is 2. The van der Waals surface area contributed by atoms with E-state index in [-0.39, 0.29) is 6.03 Å².